The van der Waals surface area contributed by atoms with Crippen molar-refractivity contribution in [2.24, 2.45) is 0 Å². The number of benzene rings is 1. The smallest absolute Gasteiger partial charge is 0.260 e. The second-order valence-electron chi connectivity index (χ2n) is 4.78. The quantitative estimate of drug-likeness (QED) is 0.844. The molecule has 2 N–H and O–H groups in total. The maximum Gasteiger partial charge on any atom is 0.260 e. The van der Waals surface area contributed by atoms with Crippen LogP contribution in [0.5, 0.6) is 5.75 Å². The Hall–Kier alpha value is -1.26. The van der Waals surface area contributed by atoms with Crippen LogP contribution in [0.15, 0.2) is 24.3 Å². The highest BCUT2D eigenvalue weighted by molar-refractivity contribution is 6.30. The van der Waals surface area contributed by atoms with Crippen molar-refractivity contribution in [3.8, 4) is 5.75 Å². The molecule has 0 aliphatic rings. The third-order valence-electron chi connectivity index (χ3n) is 2.90. The fourth-order valence-electron chi connectivity index (χ4n) is 1.32. The minimum atomic E-state index is -0.893. The zero-order valence-corrected chi connectivity index (χ0v) is 12.2. The molecule has 0 bridgehead atoms. The van der Waals surface area contributed by atoms with Crippen molar-refractivity contribution < 1.29 is 14.6 Å². The average Bonchev–Trinajstić information content (AvgIpc) is 2.38. The summed E-state index contributed by atoms with van der Waals surface area (Å²) in [7, 11) is 0. The van der Waals surface area contributed by atoms with Crippen LogP contribution in [0.25, 0.3) is 0 Å². The van der Waals surface area contributed by atoms with E-state index in [1.54, 1.807) is 38.1 Å². The van der Waals surface area contributed by atoms with E-state index in [0.717, 1.165) is 0 Å². The predicted molar refractivity (Wildman–Crippen MR) is 75.5 cm³/mol. The predicted octanol–water partition coefficient (Wildman–Crippen LogP) is 2.38. The summed E-state index contributed by atoms with van der Waals surface area (Å²) < 4.78 is 5.48. The lowest BCUT2D eigenvalue weighted by Gasteiger charge is -2.23. The number of amides is 1. The van der Waals surface area contributed by atoms with Gasteiger partial charge >= 0.3 is 0 Å². The molecule has 2 atom stereocenters. The van der Waals surface area contributed by atoms with E-state index in [2.05, 4.69) is 5.32 Å². The Kier molecular flexibility index (Phi) is 5.63. The van der Waals surface area contributed by atoms with E-state index < -0.39 is 11.7 Å². The molecule has 2 unspecified atom stereocenters. The van der Waals surface area contributed by atoms with Crippen LogP contribution in [0.1, 0.15) is 27.2 Å². The minimum absolute atomic E-state index is 0.205. The number of aliphatic hydroxyl groups is 1. The number of rotatable bonds is 6. The van der Waals surface area contributed by atoms with Crippen molar-refractivity contribution in [3.05, 3.63) is 29.3 Å². The second-order valence-corrected chi connectivity index (χ2v) is 5.22. The highest BCUT2D eigenvalue weighted by atomic mass is 35.5. The summed E-state index contributed by atoms with van der Waals surface area (Å²) in [6.45, 7) is 5.40. The minimum Gasteiger partial charge on any atom is -0.481 e. The Morgan fingerprint density at radius 3 is 2.58 bits per heavy atom. The molecule has 0 aliphatic heterocycles. The Morgan fingerprint density at radius 1 is 1.47 bits per heavy atom. The van der Waals surface area contributed by atoms with Crippen LogP contribution >= 0.6 is 11.6 Å². The zero-order valence-electron chi connectivity index (χ0n) is 11.4. The highest BCUT2D eigenvalue weighted by Crippen LogP contribution is 2.16. The molecule has 5 heteroatoms. The highest BCUT2D eigenvalue weighted by Gasteiger charge is 2.21. The lowest BCUT2D eigenvalue weighted by molar-refractivity contribution is -0.128. The SMILES string of the molecule is CCC(C)(O)CNC(=O)C(C)Oc1ccc(Cl)cc1. The fourth-order valence-corrected chi connectivity index (χ4v) is 1.44. The van der Waals surface area contributed by atoms with Gasteiger partial charge in [0, 0.05) is 11.6 Å². The van der Waals surface area contributed by atoms with Gasteiger partial charge in [0.2, 0.25) is 0 Å². The van der Waals surface area contributed by atoms with E-state index in [1.807, 2.05) is 6.92 Å². The molecule has 0 saturated heterocycles. The van der Waals surface area contributed by atoms with E-state index in [9.17, 15) is 9.90 Å². The number of ether oxygens (including phenoxy) is 1. The molecule has 1 amide bonds. The van der Waals surface area contributed by atoms with Crippen LogP contribution in [0.4, 0.5) is 0 Å². The largest absolute Gasteiger partial charge is 0.481 e. The van der Waals surface area contributed by atoms with Crippen LogP contribution in [0.3, 0.4) is 0 Å². The Bertz CT molecular complexity index is 417. The molecule has 1 aromatic carbocycles. The summed E-state index contributed by atoms with van der Waals surface area (Å²) in [5.41, 5.74) is -0.893. The van der Waals surface area contributed by atoms with Gasteiger partial charge in [-0.1, -0.05) is 18.5 Å². The lowest BCUT2D eigenvalue weighted by atomic mass is 10.0. The first-order chi connectivity index (χ1) is 8.84. The van der Waals surface area contributed by atoms with Crippen molar-refractivity contribution in [1.82, 2.24) is 5.32 Å². The van der Waals surface area contributed by atoms with Gasteiger partial charge in [-0.25, -0.2) is 0 Å². The van der Waals surface area contributed by atoms with E-state index in [1.165, 1.54) is 0 Å². The number of carbonyl (C=O) groups is 1. The monoisotopic (exact) mass is 285 g/mol. The average molecular weight is 286 g/mol. The van der Waals surface area contributed by atoms with Gasteiger partial charge in [0.25, 0.3) is 5.91 Å². The summed E-state index contributed by atoms with van der Waals surface area (Å²) >= 11 is 5.76. The van der Waals surface area contributed by atoms with Crippen molar-refractivity contribution in [2.75, 3.05) is 6.54 Å². The van der Waals surface area contributed by atoms with Crippen LogP contribution in [0.2, 0.25) is 5.02 Å². The van der Waals surface area contributed by atoms with Gasteiger partial charge in [0.1, 0.15) is 5.75 Å². The number of hydrogen-bond donors (Lipinski definition) is 2. The van der Waals surface area contributed by atoms with Gasteiger partial charge in [-0.05, 0) is 44.5 Å². The van der Waals surface area contributed by atoms with Crippen LogP contribution in [0, 0.1) is 0 Å². The number of nitrogens with one attached hydrogen (secondary N) is 1. The van der Waals surface area contributed by atoms with Gasteiger partial charge in [-0.15, -0.1) is 0 Å². The molecule has 1 aromatic rings. The number of carbonyl (C=O) groups excluding carboxylic acids is 1. The first-order valence-corrected chi connectivity index (χ1v) is 6.64. The van der Waals surface area contributed by atoms with E-state index in [4.69, 9.17) is 16.3 Å². The number of hydrogen-bond acceptors (Lipinski definition) is 3. The first-order valence-electron chi connectivity index (χ1n) is 6.26. The van der Waals surface area contributed by atoms with Gasteiger partial charge in [0.15, 0.2) is 6.10 Å². The van der Waals surface area contributed by atoms with Gasteiger partial charge in [-0.2, -0.15) is 0 Å². The van der Waals surface area contributed by atoms with Gasteiger partial charge in [0.05, 0.1) is 5.60 Å². The van der Waals surface area contributed by atoms with Crippen molar-refractivity contribution in [3.63, 3.8) is 0 Å². The van der Waals surface area contributed by atoms with E-state index >= 15 is 0 Å². The molecule has 0 saturated carbocycles. The third kappa shape index (κ3) is 5.49. The molecule has 0 fully saturated rings. The topological polar surface area (TPSA) is 58.6 Å². The fraction of sp³-hybridized carbons (Fsp3) is 0.500. The molecule has 0 spiro atoms. The third-order valence-corrected chi connectivity index (χ3v) is 3.15. The normalized spacial score (nSPS) is 15.4. The molecule has 0 aromatic heterocycles. The molecule has 19 heavy (non-hydrogen) atoms. The summed E-state index contributed by atoms with van der Waals surface area (Å²) in [5, 5.41) is 13.1. The van der Waals surface area contributed by atoms with Crippen molar-refractivity contribution in [2.45, 2.75) is 38.9 Å². The molecule has 1 rings (SSSR count). The van der Waals surface area contributed by atoms with Crippen LogP contribution in [-0.2, 0) is 4.79 Å². The molecular weight excluding hydrogens is 266 g/mol. The molecular formula is C14H20ClNO3. The zero-order chi connectivity index (χ0) is 14.5. The summed E-state index contributed by atoms with van der Waals surface area (Å²) in [5.74, 6) is 0.318. The molecule has 106 valence electrons. The van der Waals surface area contributed by atoms with Crippen molar-refractivity contribution >= 4 is 17.5 Å². The number of halogens is 1. The summed E-state index contributed by atoms with van der Waals surface area (Å²) in [6.07, 6.45) is -0.0616. The maximum atomic E-state index is 11.8. The Balaban J connectivity index is 2.47. The first kappa shape index (κ1) is 15.8. The van der Waals surface area contributed by atoms with Crippen LogP contribution in [-0.4, -0.2) is 29.3 Å². The maximum absolute atomic E-state index is 11.8. The Morgan fingerprint density at radius 2 is 2.05 bits per heavy atom. The molecule has 4 nitrogen and oxygen atoms in total. The standard InChI is InChI=1S/C14H20ClNO3/c1-4-14(3,18)9-16-13(17)10(2)19-12-7-5-11(15)6-8-12/h5-8,10,18H,4,9H2,1-3H3,(H,16,17). The molecule has 0 radical (unpaired) electrons. The lowest BCUT2D eigenvalue weighted by Crippen LogP contribution is -2.44. The van der Waals surface area contributed by atoms with E-state index in [0.29, 0.717) is 17.2 Å². The summed E-state index contributed by atoms with van der Waals surface area (Å²) in [4.78, 5) is 11.8. The van der Waals surface area contributed by atoms with Gasteiger partial charge in [-0.3, -0.25) is 4.79 Å². The molecule has 0 aliphatic carbocycles. The molecule has 0 heterocycles. The summed E-state index contributed by atoms with van der Waals surface area (Å²) in [6, 6.07) is 6.80. The van der Waals surface area contributed by atoms with Gasteiger partial charge < -0.3 is 15.2 Å². The second kappa shape index (κ2) is 6.78. The van der Waals surface area contributed by atoms with Crippen molar-refractivity contribution in [1.29, 1.82) is 0 Å². The van der Waals surface area contributed by atoms with Crippen LogP contribution < -0.4 is 10.1 Å². The Labute approximate surface area is 118 Å². The van der Waals surface area contributed by atoms with E-state index in [-0.39, 0.29) is 12.5 Å².